The van der Waals surface area contributed by atoms with Crippen molar-refractivity contribution in [2.75, 3.05) is 39.3 Å². The minimum Gasteiger partial charge on any atom is -0.493 e. The van der Waals surface area contributed by atoms with Crippen molar-refractivity contribution in [2.24, 2.45) is 4.99 Å². The number of rotatable bonds is 10. The van der Waals surface area contributed by atoms with Gasteiger partial charge in [-0.2, -0.15) is 0 Å². The highest BCUT2D eigenvalue weighted by Gasteiger charge is 2.18. The summed E-state index contributed by atoms with van der Waals surface area (Å²) in [5, 5.41) is 6.59. The maximum atomic E-state index is 11.6. The standard InChI is InChI=1S/C20H32N4O2/c1-3-21-20(22-12-7-15-24-14-6-11-19(24)25)23-13-8-16-26-18-10-5-4-9-17(18)2/h4-5,9-10H,3,6-8,11-16H2,1-2H3,(H2,21,22,23). The minimum atomic E-state index is 0.291. The van der Waals surface area contributed by atoms with Crippen LogP contribution in [0.3, 0.4) is 0 Å². The van der Waals surface area contributed by atoms with Crippen LogP contribution in [0.15, 0.2) is 29.3 Å². The summed E-state index contributed by atoms with van der Waals surface area (Å²) in [7, 11) is 0. The van der Waals surface area contributed by atoms with Gasteiger partial charge in [-0.3, -0.25) is 9.79 Å². The van der Waals surface area contributed by atoms with E-state index in [1.807, 2.05) is 23.1 Å². The van der Waals surface area contributed by atoms with Crippen LogP contribution in [0.4, 0.5) is 0 Å². The van der Waals surface area contributed by atoms with Crippen molar-refractivity contribution < 1.29 is 9.53 Å². The summed E-state index contributed by atoms with van der Waals surface area (Å²) in [5.74, 6) is 2.06. The summed E-state index contributed by atoms with van der Waals surface area (Å²) in [5.41, 5.74) is 1.16. The highest BCUT2D eigenvalue weighted by molar-refractivity contribution is 5.79. The molecule has 2 N–H and O–H groups in total. The first-order valence-electron chi connectivity index (χ1n) is 9.69. The summed E-state index contributed by atoms with van der Waals surface area (Å²) in [4.78, 5) is 18.1. The van der Waals surface area contributed by atoms with E-state index in [0.29, 0.717) is 25.5 Å². The number of likely N-dealkylation sites (tertiary alicyclic amines) is 1. The Labute approximate surface area is 157 Å². The van der Waals surface area contributed by atoms with Crippen LogP contribution in [-0.2, 0) is 4.79 Å². The van der Waals surface area contributed by atoms with Crippen molar-refractivity contribution in [1.29, 1.82) is 0 Å². The first-order valence-corrected chi connectivity index (χ1v) is 9.69. The van der Waals surface area contributed by atoms with Crippen LogP contribution in [0.25, 0.3) is 0 Å². The van der Waals surface area contributed by atoms with E-state index in [4.69, 9.17) is 4.74 Å². The number of ether oxygens (including phenoxy) is 1. The molecule has 1 heterocycles. The number of hydrogen-bond acceptors (Lipinski definition) is 3. The van der Waals surface area contributed by atoms with Crippen LogP contribution in [0, 0.1) is 6.92 Å². The molecule has 1 aromatic carbocycles. The molecule has 144 valence electrons. The molecular weight excluding hydrogens is 328 g/mol. The van der Waals surface area contributed by atoms with Gasteiger partial charge >= 0.3 is 0 Å². The van der Waals surface area contributed by atoms with Crippen LogP contribution < -0.4 is 15.4 Å². The van der Waals surface area contributed by atoms with Crippen molar-refractivity contribution in [3.63, 3.8) is 0 Å². The number of hydrogen-bond donors (Lipinski definition) is 2. The smallest absolute Gasteiger partial charge is 0.222 e. The second-order valence-corrected chi connectivity index (χ2v) is 6.49. The first kappa shape index (κ1) is 20.1. The molecule has 1 saturated heterocycles. The minimum absolute atomic E-state index is 0.291. The lowest BCUT2D eigenvalue weighted by Gasteiger charge is -2.16. The molecule has 0 unspecified atom stereocenters. The van der Waals surface area contributed by atoms with E-state index >= 15 is 0 Å². The fourth-order valence-corrected chi connectivity index (χ4v) is 2.91. The van der Waals surface area contributed by atoms with Crippen molar-refractivity contribution in [3.8, 4) is 5.75 Å². The van der Waals surface area contributed by atoms with Crippen molar-refractivity contribution in [3.05, 3.63) is 29.8 Å². The van der Waals surface area contributed by atoms with Crippen LogP contribution in [0.2, 0.25) is 0 Å². The Hall–Kier alpha value is -2.24. The molecule has 1 aromatic rings. The molecule has 1 aliphatic rings. The Bertz CT molecular complexity index is 589. The second-order valence-electron chi connectivity index (χ2n) is 6.49. The van der Waals surface area contributed by atoms with Crippen LogP contribution >= 0.6 is 0 Å². The molecule has 0 bridgehead atoms. The van der Waals surface area contributed by atoms with Crippen molar-refractivity contribution in [2.45, 2.75) is 39.5 Å². The predicted molar refractivity (Wildman–Crippen MR) is 106 cm³/mol. The zero-order chi connectivity index (χ0) is 18.6. The Morgan fingerprint density at radius 3 is 2.85 bits per heavy atom. The highest BCUT2D eigenvalue weighted by Crippen LogP contribution is 2.16. The molecule has 1 fully saturated rings. The van der Waals surface area contributed by atoms with Gasteiger partial charge in [0.05, 0.1) is 6.61 Å². The fourth-order valence-electron chi connectivity index (χ4n) is 2.91. The predicted octanol–water partition coefficient (Wildman–Crippen LogP) is 2.33. The monoisotopic (exact) mass is 360 g/mol. The third-order valence-electron chi connectivity index (χ3n) is 4.34. The number of guanidine groups is 1. The van der Waals surface area contributed by atoms with Gasteiger partial charge in [0.15, 0.2) is 5.96 Å². The SMILES string of the molecule is CCNC(=NCCCOc1ccccc1C)NCCCN1CCCC1=O. The zero-order valence-electron chi connectivity index (χ0n) is 16.1. The lowest BCUT2D eigenvalue weighted by atomic mass is 10.2. The number of para-hydroxylation sites is 1. The summed E-state index contributed by atoms with van der Waals surface area (Å²) in [6.45, 7) is 8.86. The maximum absolute atomic E-state index is 11.6. The van der Waals surface area contributed by atoms with E-state index < -0.39 is 0 Å². The number of nitrogens with one attached hydrogen (secondary N) is 2. The average Bonchev–Trinajstić information content (AvgIpc) is 3.04. The van der Waals surface area contributed by atoms with Crippen molar-refractivity contribution in [1.82, 2.24) is 15.5 Å². The Morgan fingerprint density at radius 1 is 1.27 bits per heavy atom. The van der Waals surface area contributed by atoms with Gasteiger partial charge in [-0.15, -0.1) is 0 Å². The molecule has 6 heteroatoms. The normalized spacial score (nSPS) is 14.6. The molecule has 2 rings (SSSR count). The van der Waals surface area contributed by atoms with Gasteiger partial charge in [-0.1, -0.05) is 18.2 Å². The van der Waals surface area contributed by atoms with Gasteiger partial charge in [0, 0.05) is 45.6 Å². The number of aliphatic imine (C=N–C) groups is 1. The van der Waals surface area contributed by atoms with E-state index in [0.717, 1.165) is 62.7 Å². The number of amides is 1. The Balaban J connectivity index is 1.62. The molecule has 0 radical (unpaired) electrons. The maximum Gasteiger partial charge on any atom is 0.222 e. The zero-order valence-corrected chi connectivity index (χ0v) is 16.1. The fraction of sp³-hybridized carbons (Fsp3) is 0.600. The van der Waals surface area contributed by atoms with Crippen LogP contribution in [0.1, 0.15) is 38.2 Å². The van der Waals surface area contributed by atoms with Crippen LogP contribution in [-0.4, -0.2) is 56.1 Å². The second kappa shape index (κ2) is 11.4. The summed E-state index contributed by atoms with van der Waals surface area (Å²) in [6, 6.07) is 8.05. The van der Waals surface area contributed by atoms with Gasteiger partial charge in [0.2, 0.25) is 5.91 Å². The molecule has 1 aliphatic heterocycles. The lowest BCUT2D eigenvalue weighted by Crippen LogP contribution is -2.39. The van der Waals surface area contributed by atoms with Crippen molar-refractivity contribution >= 4 is 11.9 Å². The summed E-state index contributed by atoms with van der Waals surface area (Å²) >= 11 is 0. The van der Waals surface area contributed by atoms with E-state index in [1.165, 1.54) is 0 Å². The average molecular weight is 361 g/mol. The molecule has 0 atom stereocenters. The van der Waals surface area contributed by atoms with Gasteiger partial charge in [0.1, 0.15) is 5.75 Å². The molecule has 0 saturated carbocycles. The number of benzene rings is 1. The molecule has 0 spiro atoms. The van der Waals surface area contributed by atoms with Gasteiger partial charge in [-0.05, 0) is 38.3 Å². The number of nitrogens with zero attached hydrogens (tertiary/aromatic N) is 2. The summed E-state index contributed by atoms with van der Waals surface area (Å²) < 4.78 is 5.80. The lowest BCUT2D eigenvalue weighted by molar-refractivity contribution is -0.127. The van der Waals surface area contributed by atoms with Crippen LogP contribution in [0.5, 0.6) is 5.75 Å². The van der Waals surface area contributed by atoms with E-state index in [-0.39, 0.29) is 0 Å². The largest absolute Gasteiger partial charge is 0.493 e. The molecule has 6 nitrogen and oxygen atoms in total. The van der Waals surface area contributed by atoms with E-state index in [9.17, 15) is 4.79 Å². The topological polar surface area (TPSA) is 66.0 Å². The Morgan fingerprint density at radius 2 is 2.12 bits per heavy atom. The summed E-state index contributed by atoms with van der Waals surface area (Å²) in [6.07, 6.45) is 3.52. The van der Waals surface area contributed by atoms with E-state index in [2.05, 4.69) is 35.5 Å². The molecule has 0 aromatic heterocycles. The number of carbonyl (C=O) groups excluding carboxylic acids is 1. The molecule has 1 amide bonds. The number of aryl methyl sites for hydroxylation is 1. The van der Waals surface area contributed by atoms with Gasteiger partial charge in [0.25, 0.3) is 0 Å². The quantitative estimate of drug-likeness (QED) is 0.382. The number of carbonyl (C=O) groups is 1. The first-order chi connectivity index (χ1) is 12.7. The van der Waals surface area contributed by atoms with Gasteiger partial charge < -0.3 is 20.3 Å². The molecule has 0 aliphatic carbocycles. The third kappa shape index (κ3) is 6.94. The van der Waals surface area contributed by atoms with E-state index in [1.54, 1.807) is 0 Å². The molecular formula is C20H32N4O2. The highest BCUT2D eigenvalue weighted by atomic mass is 16.5. The van der Waals surface area contributed by atoms with Gasteiger partial charge in [-0.25, -0.2) is 0 Å². The third-order valence-corrected chi connectivity index (χ3v) is 4.34. The Kier molecular flexibility index (Phi) is 8.79. The molecule has 26 heavy (non-hydrogen) atoms.